The molecule has 2 aromatic carbocycles. The Bertz CT molecular complexity index is 802. The number of nitrogens with zero attached hydrogens (tertiary/aromatic N) is 2. The molecule has 1 heterocycles. The molecule has 0 radical (unpaired) electrons. The van der Waals surface area contributed by atoms with Crippen molar-refractivity contribution in [3.63, 3.8) is 0 Å². The van der Waals surface area contributed by atoms with Crippen LogP contribution in [0.15, 0.2) is 36.4 Å². The van der Waals surface area contributed by atoms with Gasteiger partial charge in [-0.15, -0.1) is 0 Å². The summed E-state index contributed by atoms with van der Waals surface area (Å²) in [6.07, 6.45) is 0. The number of aliphatic hydroxyl groups is 1. The molecule has 1 N–H and O–H groups in total. The molecule has 0 saturated carbocycles. The molecule has 0 aliphatic heterocycles. The molecule has 0 bridgehead atoms. The van der Waals surface area contributed by atoms with Gasteiger partial charge in [0.05, 0.1) is 17.6 Å². The van der Waals surface area contributed by atoms with Gasteiger partial charge in [0, 0.05) is 12.1 Å². The molecule has 0 unspecified atom stereocenters. The third-order valence-corrected chi connectivity index (χ3v) is 3.96. The quantitative estimate of drug-likeness (QED) is 0.795. The molecule has 0 aliphatic carbocycles. The van der Waals surface area contributed by atoms with Crippen molar-refractivity contribution in [3.8, 4) is 11.4 Å². The van der Waals surface area contributed by atoms with Crippen molar-refractivity contribution in [1.82, 2.24) is 9.55 Å². The lowest BCUT2D eigenvalue weighted by atomic mass is 10.1. The fourth-order valence-corrected chi connectivity index (χ4v) is 2.71. The van der Waals surface area contributed by atoms with E-state index in [0.717, 1.165) is 22.4 Å². The maximum absolute atomic E-state index is 9.40. The van der Waals surface area contributed by atoms with Gasteiger partial charge in [0.15, 0.2) is 0 Å². The number of hydrogen-bond donors (Lipinski definition) is 1. The molecule has 0 fully saturated rings. The molecule has 0 aliphatic rings. The van der Waals surface area contributed by atoms with E-state index in [1.807, 2.05) is 6.07 Å². The normalized spacial score (nSPS) is 11.2. The van der Waals surface area contributed by atoms with E-state index in [2.05, 4.69) is 55.7 Å². The molecule has 3 aromatic rings. The average Bonchev–Trinajstić information content (AvgIpc) is 2.78. The third kappa shape index (κ3) is 2.45. The maximum atomic E-state index is 9.40. The van der Waals surface area contributed by atoms with Crippen molar-refractivity contribution in [2.45, 2.75) is 27.3 Å². The van der Waals surface area contributed by atoms with Crippen molar-refractivity contribution < 1.29 is 5.11 Å². The number of aliphatic hydroxyl groups excluding tert-OH is 1. The summed E-state index contributed by atoms with van der Waals surface area (Å²) >= 11 is 0. The molecule has 3 nitrogen and oxygen atoms in total. The van der Waals surface area contributed by atoms with E-state index in [1.165, 1.54) is 16.7 Å². The van der Waals surface area contributed by atoms with Crippen LogP contribution in [-0.2, 0) is 6.54 Å². The van der Waals surface area contributed by atoms with Crippen molar-refractivity contribution in [2.24, 2.45) is 0 Å². The summed E-state index contributed by atoms with van der Waals surface area (Å²) in [6, 6.07) is 12.6. The molecular weight excluding hydrogens is 260 g/mol. The first-order valence-corrected chi connectivity index (χ1v) is 7.25. The zero-order chi connectivity index (χ0) is 15.0. The number of benzene rings is 2. The van der Waals surface area contributed by atoms with Crippen LogP contribution in [0.2, 0.25) is 0 Å². The fraction of sp³-hybridized carbons (Fsp3) is 0.278. The van der Waals surface area contributed by atoms with Crippen LogP contribution >= 0.6 is 0 Å². The second-order valence-corrected chi connectivity index (χ2v) is 5.61. The molecular formula is C18H20N2O. The minimum atomic E-state index is 0.108. The van der Waals surface area contributed by atoms with E-state index in [-0.39, 0.29) is 6.61 Å². The lowest BCUT2D eigenvalue weighted by Crippen LogP contribution is -2.04. The Hall–Kier alpha value is -2.13. The van der Waals surface area contributed by atoms with Crippen LogP contribution in [0.3, 0.4) is 0 Å². The van der Waals surface area contributed by atoms with E-state index >= 15 is 0 Å². The highest BCUT2D eigenvalue weighted by atomic mass is 16.3. The number of imidazole rings is 1. The Kier molecular flexibility index (Phi) is 3.52. The van der Waals surface area contributed by atoms with Gasteiger partial charge in [0.2, 0.25) is 0 Å². The SMILES string of the molecule is Cc1cccc(-c2nc3cc(C)c(C)cc3n2CCO)c1. The molecule has 3 heteroatoms. The highest BCUT2D eigenvalue weighted by molar-refractivity contribution is 5.82. The summed E-state index contributed by atoms with van der Waals surface area (Å²) in [5.74, 6) is 0.924. The summed E-state index contributed by atoms with van der Waals surface area (Å²) in [5.41, 5.74) is 6.87. The minimum Gasteiger partial charge on any atom is -0.395 e. The van der Waals surface area contributed by atoms with Gasteiger partial charge in [-0.25, -0.2) is 4.98 Å². The monoisotopic (exact) mass is 280 g/mol. The molecule has 21 heavy (non-hydrogen) atoms. The first-order chi connectivity index (χ1) is 10.1. The van der Waals surface area contributed by atoms with E-state index in [4.69, 9.17) is 4.98 Å². The second kappa shape index (κ2) is 5.34. The molecule has 108 valence electrons. The van der Waals surface area contributed by atoms with Gasteiger partial charge in [-0.2, -0.15) is 0 Å². The van der Waals surface area contributed by atoms with E-state index in [1.54, 1.807) is 0 Å². The Morgan fingerprint density at radius 1 is 1.05 bits per heavy atom. The fourth-order valence-electron chi connectivity index (χ4n) is 2.71. The minimum absolute atomic E-state index is 0.108. The lowest BCUT2D eigenvalue weighted by Gasteiger charge is -2.08. The van der Waals surface area contributed by atoms with Crippen molar-refractivity contribution in [3.05, 3.63) is 53.1 Å². The van der Waals surface area contributed by atoms with Crippen LogP contribution in [0.5, 0.6) is 0 Å². The predicted octanol–water partition coefficient (Wildman–Crippen LogP) is 3.62. The molecule has 0 amide bonds. The second-order valence-electron chi connectivity index (χ2n) is 5.61. The van der Waals surface area contributed by atoms with Crippen LogP contribution < -0.4 is 0 Å². The molecule has 0 saturated heterocycles. The Morgan fingerprint density at radius 3 is 2.52 bits per heavy atom. The first kappa shape index (κ1) is 13.8. The van der Waals surface area contributed by atoms with Crippen molar-refractivity contribution in [1.29, 1.82) is 0 Å². The van der Waals surface area contributed by atoms with Gasteiger partial charge >= 0.3 is 0 Å². The third-order valence-electron chi connectivity index (χ3n) is 3.96. The largest absolute Gasteiger partial charge is 0.395 e. The van der Waals surface area contributed by atoms with Crippen LogP contribution in [-0.4, -0.2) is 21.3 Å². The smallest absolute Gasteiger partial charge is 0.141 e. The van der Waals surface area contributed by atoms with E-state index in [9.17, 15) is 5.11 Å². The summed E-state index contributed by atoms with van der Waals surface area (Å²) in [6.45, 7) is 6.96. The van der Waals surface area contributed by atoms with Gasteiger partial charge in [0.25, 0.3) is 0 Å². The standard InChI is InChI=1S/C18H20N2O/c1-12-5-4-6-15(9-12)18-19-16-10-13(2)14(3)11-17(16)20(18)7-8-21/h4-6,9-11,21H,7-8H2,1-3H3. The van der Waals surface area contributed by atoms with E-state index in [0.29, 0.717) is 6.54 Å². The van der Waals surface area contributed by atoms with Crippen LogP contribution in [0.1, 0.15) is 16.7 Å². The average molecular weight is 280 g/mol. The Balaban J connectivity index is 2.28. The maximum Gasteiger partial charge on any atom is 0.141 e. The van der Waals surface area contributed by atoms with Crippen LogP contribution in [0.4, 0.5) is 0 Å². The topological polar surface area (TPSA) is 38.0 Å². The predicted molar refractivity (Wildman–Crippen MR) is 86.5 cm³/mol. The summed E-state index contributed by atoms with van der Waals surface area (Å²) in [7, 11) is 0. The summed E-state index contributed by atoms with van der Waals surface area (Å²) < 4.78 is 2.11. The zero-order valence-electron chi connectivity index (χ0n) is 12.7. The highest BCUT2D eigenvalue weighted by Gasteiger charge is 2.13. The Labute approximate surface area is 124 Å². The van der Waals surface area contributed by atoms with Gasteiger partial charge in [-0.1, -0.05) is 23.8 Å². The first-order valence-electron chi connectivity index (χ1n) is 7.25. The van der Waals surface area contributed by atoms with Crippen molar-refractivity contribution in [2.75, 3.05) is 6.61 Å². The highest BCUT2D eigenvalue weighted by Crippen LogP contribution is 2.27. The van der Waals surface area contributed by atoms with Crippen LogP contribution in [0, 0.1) is 20.8 Å². The summed E-state index contributed by atoms with van der Waals surface area (Å²) in [4.78, 5) is 4.80. The molecule has 0 spiro atoms. The number of aryl methyl sites for hydroxylation is 3. The van der Waals surface area contributed by atoms with E-state index < -0.39 is 0 Å². The zero-order valence-corrected chi connectivity index (χ0v) is 12.7. The molecule has 1 aromatic heterocycles. The van der Waals surface area contributed by atoms with Gasteiger partial charge in [-0.05, 0) is 50.1 Å². The summed E-state index contributed by atoms with van der Waals surface area (Å²) in [5, 5.41) is 9.40. The van der Waals surface area contributed by atoms with Gasteiger partial charge in [-0.3, -0.25) is 0 Å². The van der Waals surface area contributed by atoms with Crippen molar-refractivity contribution >= 4 is 11.0 Å². The molecule has 0 atom stereocenters. The molecule has 3 rings (SSSR count). The van der Waals surface area contributed by atoms with Gasteiger partial charge in [0.1, 0.15) is 5.82 Å². The number of aromatic nitrogens is 2. The number of fused-ring (bicyclic) bond motifs is 1. The number of hydrogen-bond acceptors (Lipinski definition) is 2. The number of rotatable bonds is 3. The Morgan fingerprint density at radius 2 is 1.81 bits per heavy atom. The lowest BCUT2D eigenvalue weighted by molar-refractivity contribution is 0.278. The van der Waals surface area contributed by atoms with Crippen LogP contribution in [0.25, 0.3) is 22.4 Å². The van der Waals surface area contributed by atoms with Gasteiger partial charge < -0.3 is 9.67 Å².